The second-order valence-electron chi connectivity index (χ2n) is 23.2. The van der Waals surface area contributed by atoms with Gasteiger partial charge in [0, 0.05) is 68.3 Å². The van der Waals surface area contributed by atoms with Crippen LogP contribution < -0.4 is 21.3 Å². The molecule has 73 heavy (non-hydrogen) atoms. The Hall–Kier alpha value is -6.52. The molecule has 6 N–H and O–H groups in total. The van der Waals surface area contributed by atoms with Crippen LogP contribution in [0, 0.1) is 0 Å². The SMILES string of the molecule is CC1(C)CC(n2cc(CNC(=O)C[C@@H](NC(=O)[C@@H]3Cc4c([nH]c5ccccc45)CN3C(=O)[C@@H]3Cc4c([nH]c5ccccc45)CN3)C(=O)NCc3cn(C4CC(C)(C)N([O])C(C)(C)C4)nn3)nn2)CC(C)(C)N1[O]. The number of benzene rings is 2. The second kappa shape index (κ2) is 18.8. The zero-order valence-electron chi connectivity index (χ0n) is 42.9. The van der Waals surface area contributed by atoms with E-state index >= 15 is 0 Å². The second-order valence-corrected chi connectivity index (χ2v) is 23.2. The predicted octanol–water partition coefficient (Wildman–Crippen LogP) is 4.39. The molecule has 2 fully saturated rings. The Bertz CT molecular complexity index is 3040. The van der Waals surface area contributed by atoms with Gasteiger partial charge in [-0.2, -0.15) is 0 Å². The summed E-state index contributed by atoms with van der Waals surface area (Å²) in [5, 5.41) is 59.9. The van der Waals surface area contributed by atoms with Gasteiger partial charge in [-0.3, -0.25) is 24.5 Å². The third kappa shape index (κ3) is 9.75. The van der Waals surface area contributed by atoms with Gasteiger partial charge in [-0.15, -0.1) is 30.7 Å². The van der Waals surface area contributed by atoms with E-state index in [0.29, 0.717) is 50.0 Å². The van der Waals surface area contributed by atoms with Crippen LogP contribution in [0.25, 0.3) is 21.8 Å². The van der Waals surface area contributed by atoms with E-state index in [9.17, 15) is 29.6 Å². The number of amides is 4. The van der Waals surface area contributed by atoms with Crippen LogP contribution in [-0.2, 0) is 68.6 Å². The maximum Gasteiger partial charge on any atom is 0.243 e. The fraction of sp³-hybridized carbons (Fsp3) is 0.538. The van der Waals surface area contributed by atoms with Gasteiger partial charge in [-0.05, 0) is 111 Å². The number of carbonyl (C=O) groups excluding carboxylic acids is 4. The minimum absolute atomic E-state index is 0.00291. The summed E-state index contributed by atoms with van der Waals surface area (Å²) in [4.78, 5) is 66.7. The lowest BCUT2D eigenvalue weighted by molar-refractivity contribution is -0.293. The van der Waals surface area contributed by atoms with Crippen molar-refractivity contribution in [3.05, 3.63) is 94.8 Å². The number of hydroxylamine groups is 4. The molecule has 0 aliphatic carbocycles. The van der Waals surface area contributed by atoms with Gasteiger partial charge in [0.1, 0.15) is 23.5 Å². The number of carbonyl (C=O) groups is 4. The number of fused-ring (bicyclic) bond motifs is 6. The molecular weight excluding hydrogens is 931 g/mol. The van der Waals surface area contributed by atoms with Crippen LogP contribution in [-0.4, -0.2) is 119 Å². The standard InChI is InChI=1S/C52H67N15O6/c1-49(2)20-32(21-50(3,4)66(49)72)64-27-30(59-61-64)24-54-45(68)19-40(46(69)55-25-31-28-65(62-60-31)33-22-51(5,6)67(73)52(7,8)23-33)58-47(70)44-18-37-35-14-10-12-16-39(35)57-43(37)29-63(44)48(71)41-17-36-34-13-9-11-15-38(34)56-42(36)26-53-41/h9-16,27-28,32-33,40-41,44,53,56-57H,17-26,29H2,1-8H3,(H,54,68)(H,55,69)(H,58,70)/t40-,41+,44+/m1/s1. The Morgan fingerprint density at radius 3 is 1.71 bits per heavy atom. The summed E-state index contributed by atoms with van der Waals surface area (Å²) in [7, 11) is 0. The summed E-state index contributed by atoms with van der Waals surface area (Å²) in [5.41, 5.74) is 4.10. The Balaban J connectivity index is 0.883. The molecule has 10 rings (SSSR count). The Morgan fingerprint density at radius 2 is 1.16 bits per heavy atom. The van der Waals surface area contributed by atoms with Gasteiger partial charge in [0.25, 0.3) is 0 Å². The topological polar surface area (TPSA) is 259 Å². The minimum atomic E-state index is -1.37. The predicted molar refractivity (Wildman–Crippen MR) is 267 cm³/mol. The number of rotatable bonds is 12. The number of aromatic amines is 2. The molecule has 0 saturated carbocycles. The van der Waals surface area contributed by atoms with Gasteiger partial charge >= 0.3 is 0 Å². The minimum Gasteiger partial charge on any atom is -0.357 e. The van der Waals surface area contributed by atoms with E-state index in [-0.39, 0.29) is 44.0 Å². The van der Waals surface area contributed by atoms with E-state index in [4.69, 9.17) is 0 Å². The number of piperidine rings is 2. The third-order valence-corrected chi connectivity index (χ3v) is 15.7. The lowest BCUT2D eigenvalue weighted by atomic mass is 9.79. The average Bonchev–Trinajstić information content (AvgIpc) is 4.17. The lowest BCUT2D eigenvalue weighted by Crippen LogP contribution is -2.60. The molecule has 3 atom stereocenters. The van der Waals surface area contributed by atoms with Crippen molar-refractivity contribution < 1.29 is 29.6 Å². The Morgan fingerprint density at radius 1 is 0.671 bits per heavy atom. The number of hydrogen-bond acceptors (Lipinski definition) is 11. The molecule has 2 radical (unpaired) electrons. The van der Waals surface area contributed by atoms with Crippen LogP contribution in [0.2, 0.25) is 0 Å². The molecule has 21 heteroatoms. The molecule has 2 aromatic carbocycles. The molecule has 386 valence electrons. The average molecular weight is 998 g/mol. The van der Waals surface area contributed by atoms with Gasteiger partial charge in [-0.1, -0.05) is 46.8 Å². The Labute approximate surface area is 423 Å². The van der Waals surface area contributed by atoms with Crippen molar-refractivity contribution in [2.45, 2.75) is 179 Å². The fourth-order valence-electron chi connectivity index (χ4n) is 12.4. The van der Waals surface area contributed by atoms with Crippen molar-refractivity contribution in [1.82, 2.24) is 76.2 Å². The largest absolute Gasteiger partial charge is 0.357 e. The number of para-hydroxylation sites is 2. The molecule has 4 amide bonds. The zero-order chi connectivity index (χ0) is 51.8. The van der Waals surface area contributed by atoms with Crippen LogP contribution in [0.1, 0.15) is 133 Å². The van der Waals surface area contributed by atoms with Crippen molar-refractivity contribution in [3.8, 4) is 0 Å². The smallest absolute Gasteiger partial charge is 0.243 e. The summed E-state index contributed by atoms with van der Waals surface area (Å²) in [5.74, 6) is -2.01. The monoisotopic (exact) mass is 998 g/mol. The highest BCUT2D eigenvalue weighted by Gasteiger charge is 2.49. The molecule has 4 aliphatic rings. The number of aromatic nitrogens is 8. The van der Waals surface area contributed by atoms with Gasteiger partial charge in [0.2, 0.25) is 23.6 Å². The molecule has 0 unspecified atom stereocenters. The first-order valence-corrected chi connectivity index (χ1v) is 25.4. The number of H-pyrrole nitrogens is 2. The highest BCUT2D eigenvalue weighted by atomic mass is 16.5. The highest BCUT2D eigenvalue weighted by molar-refractivity contribution is 5.97. The molecule has 0 bridgehead atoms. The zero-order valence-corrected chi connectivity index (χ0v) is 42.9. The highest BCUT2D eigenvalue weighted by Crippen LogP contribution is 2.43. The van der Waals surface area contributed by atoms with Crippen molar-refractivity contribution >= 4 is 45.4 Å². The van der Waals surface area contributed by atoms with E-state index in [1.807, 2.05) is 104 Å². The summed E-state index contributed by atoms with van der Waals surface area (Å²) in [6.07, 6.45) is 5.88. The van der Waals surface area contributed by atoms with Crippen LogP contribution in [0.5, 0.6) is 0 Å². The quantitative estimate of drug-likeness (QED) is 0.100. The first kappa shape index (κ1) is 50.0. The Kier molecular flexibility index (Phi) is 12.9. The number of nitrogens with zero attached hydrogens (tertiary/aromatic N) is 9. The molecule has 21 nitrogen and oxygen atoms in total. The van der Waals surface area contributed by atoms with Gasteiger partial charge < -0.3 is 30.8 Å². The van der Waals surface area contributed by atoms with Gasteiger partial charge in [0.05, 0.1) is 56.6 Å². The van der Waals surface area contributed by atoms with Crippen molar-refractivity contribution in [2.24, 2.45) is 0 Å². The van der Waals surface area contributed by atoms with Crippen molar-refractivity contribution in [1.29, 1.82) is 0 Å². The van der Waals surface area contributed by atoms with Gasteiger partial charge in [-0.25, -0.2) is 9.36 Å². The van der Waals surface area contributed by atoms with E-state index in [0.717, 1.165) is 54.4 Å². The maximum atomic E-state index is 15.0. The van der Waals surface area contributed by atoms with E-state index in [1.165, 1.54) is 0 Å². The normalized spacial score (nSPS) is 22.4. The van der Waals surface area contributed by atoms with E-state index < -0.39 is 64.4 Å². The van der Waals surface area contributed by atoms with Crippen molar-refractivity contribution in [2.75, 3.05) is 0 Å². The molecular formula is C52H67N15O6. The van der Waals surface area contributed by atoms with Crippen LogP contribution in [0.3, 0.4) is 0 Å². The number of nitrogens with one attached hydrogen (secondary N) is 6. The third-order valence-electron chi connectivity index (χ3n) is 15.7. The van der Waals surface area contributed by atoms with E-state index in [1.54, 1.807) is 26.7 Å². The van der Waals surface area contributed by atoms with Crippen LogP contribution in [0.4, 0.5) is 0 Å². The molecule has 4 aromatic heterocycles. The summed E-state index contributed by atoms with van der Waals surface area (Å²) < 4.78 is 3.49. The first-order valence-electron chi connectivity index (χ1n) is 25.4. The molecule has 2 saturated heterocycles. The lowest BCUT2D eigenvalue weighted by Gasteiger charge is -2.49. The summed E-state index contributed by atoms with van der Waals surface area (Å²) in [6.45, 7) is 15.8. The molecule has 6 aromatic rings. The van der Waals surface area contributed by atoms with Crippen LogP contribution in [0.15, 0.2) is 60.9 Å². The first-order chi connectivity index (χ1) is 34.6. The summed E-state index contributed by atoms with van der Waals surface area (Å²) in [6, 6.07) is 12.6. The van der Waals surface area contributed by atoms with E-state index in [2.05, 4.69) is 51.9 Å². The van der Waals surface area contributed by atoms with Crippen molar-refractivity contribution in [3.63, 3.8) is 0 Å². The van der Waals surface area contributed by atoms with Crippen LogP contribution >= 0.6 is 0 Å². The van der Waals surface area contributed by atoms with Gasteiger partial charge in [0.15, 0.2) is 0 Å². The fourth-order valence-corrected chi connectivity index (χ4v) is 12.4. The molecule has 4 aliphatic heterocycles. The summed E-state index contributed by atoms with van der Waals surface area (Å²) >= 11 is 0. The molecule has 8 heterocycles. The molecule has 0 spiro atoms. The maximum absolute atomic E-state index is 15.0. The number of hydrogen-bond donors (Lipinski definition) is 6.